The van der Waals surface area contributed by atoms with Gasteiger partial charge in [-0.15, -0.1) is 0 Å². The van der Waals surface area contributed by atoms with Crippen molar-refractivity contribution in [1.29, 1.82) is 0 Å². The number of rotatable bonds is 7. The average molecular weight is 479 g/mol. The van der Waals surface area contributed by atoms with Crippen molar-refractivity contribution in [3.8, 4) is 0 Å². The number of aryl methyl sites for hydroxylation is 1. The summed E-state index contributed by atoms with van der Waals surface area (Å²) in [7, 11) is 3.01. The number of amides is 1. The van der Waals surface area contributed by atoms with Gasteiger partial charge < -0.3 is 30.6 Å². The quantitative estimate of drug-likeness (QED) is 0.376. The first-order valence-corrected chi connectivity index (χ1v) is 10.8. The average Bonchev–Trinajstić information content (AvgIpc) is 2.83. The zero-order valence-corrected chi connectivity index (χ0v) is 19.8. The molecule has 33 heavy (non-hydrogen) atoms. The SMILES string of the molecule is CO.Cc1cc(Cl)cc2c1CN(C)CC2c1cc(C=O)cc(C(=O)NC(CO)(CO)CO)c1. The lowest BCUT2D eigenvalue weighted by atomic mass is 9.82. The van der Waals surface area contributed by atoms with Crippen LogP contribution in [0.2, 0.25) is 5.02 Å². The van der Waals surface area contributed by atoms with E-state index in [0.717, 1.165) is 30.3 Å². The first kappa shape index (κ1) is 26.9. The Hall–Kier alpha value is -2.33. The van der Waals surface area contributed by atoms with Crippen molar-refractivity contribution in [2.75, 3.05) is 40.5 Å². The molecule has 0 saturated carbocycles. The van der Waals surface area contributed by atoms with Crippen LogP contribution in [0, 0.1) is 6.92 Å². The van der Waals surface area contributed by atoms with Gasteiger partial charge in [0.25, 0.3) is 5.91 Å². The monoisotopic (exact) mass is 478 g/mol. The van der Waals surface area contributed by atoms with E-state index >= 15 is 0 Å². The standard InChI is InChI=1S/C23H27ClN2O5.CH4O/c1-14-3-18(24)7-19-20(14)8-26(2)9-21(19)16-4-15(10-27)5-17(6-16)22(31)25-23(11-28,12-29)13-30;1-2/h3-7,10,21,28-30H,8-9,11-13H2,1-2H3,(H,25,31);2H,1H3. The number of aliphatic hydroxyl groups is 4. The van der Waals surface area contributed by atoms with Crippen molar-refractivity contribution in [3.63, 3.8) is 0 Å². The number of halogens is 1. The van der Waals surface area contributed by atoms with Crippen LogP contribution in [0.5, 0.6) is 0 Å². The molecule has 0 bridgehead atoms. The van der Waals surface area contributed by atoms with Crippen LogP contribution in [0.25, 0.3) is 0 Å². The largest absolute Gasteiger partial charge is 0.400 e. The molecule has 180 valence electrons. The molecule has 3 rings (SSSR count). The van der Waals surface area contributed by atoms with Gasteiger partial charge in [-0.05, 0) is 66.6 Å². The van der Waals surface area contributed by atoms with Crippen LogP contribution in [0.1, 0.15) is 48.9 Å². The van der Waals surface area contributed by atoms with E-state index in [-0.39, 0.29) is 11.5 Å². The lowest BCUT2D eigenvalue weighted by Gasteiger charge is -2.34. The molecule has 5 N–H and O–H groups in total. The smallest absolute Gasteiger partial charge is 0.251 e. The number of nitrogens with zero attached hydrogens (tertiary/aromatic N) is 1. The summed E-state index contributed by atoms with van der Waals surface area (Å²) in [5.41, 5.74) is 3.08. The van der Waals surface area contributed by atoms with Crippen molar-refractivity contribution < 1.29 is 30.0 Å². The number of nitrogens with one attached hydrogen (secondary N) is 1. The normalized spacial score (nSPS) is 15.8. The number of aliphatic hydroxyl groups excluding tert-OH is 4. The maximum absolute atomic E-state index is 12.9. The first-order chi connectivity index (χ1) is 15.8. The fraction of sp³-hybridized carbons (Fsp3) is 0.417. The maximum Gasteiger partial charge on any atom is 0.251 e. The summed E-state index contributed by atoms with van der Waals surface area (Å²) in [6.07, 6.45) is 0.675. The van der Waals surface area contributed by atoms with Gasteiger partial charge in [0, 0.05) is 42.3 Å². The van der Waals surface area contributed by atoms with Gasteiger partial charge in [0.05, 0.1) is 19.8 Å². The summed E-state index contributed by atoms with van der Waals surface area (Å²) in [6.45, 7) is 1.57. The molecule has 0 aromatic heterocycles. The molecule has 1 aliphatic rings. The third-order valence-corrected chi connectivity index (χ3v) is 6.05. The molecular formula is C24H31ClN2O6. The van der Waals surface area contributed by atoms with Crippen LogP contribution in [0.3, 0.4) is 0 Å². The Kier molecular flexibility index (Phi) is 9.54. The van der Waals surface area contributed by atoms with Crippen LogP contribution >= 0.6 is 11.6 Å². The molecule has 1 heterocycles. The summed E-state index contributed by atoms with van der Waals surface area (Å²) >= 11 is 6.33. The second-order valence-corrected chi connectivity index (χ2v) is 8.69. The molecule has 8 nitrogen and oxygen atoms in total. The van der Waals surface area contributed by atoms with Crippen LogP contribution in [0.4, 0.5) is 0 Å². The van der Waals surface area contributed by atoms with Gasteiger partial charge >= 0.3 is 0 Å². The Morgan fingerprint density at radius 3 is 2.36 bits per heavy atom. The highest BCUT2D eigenvalue weighted by Gasteiger charge is 2.31. The van der Waals surface area contributed by atoms with E-state index in [9.17, 15) is 24.9 Å². The number of likely N-dealkylation sites (N-methyl/N-ethyl adjacent to an activating group) is 1. The van der Waals surface area contributed by atoms with Crippen LogP contribution in [-0.2, 0) is 6.54 Å². The third kappa shape index (κ3) is 5.97. The van der Waals surface area contributed by atoms with Gasteiger partial charge in [-0.2, -0.15) is 0 Å². The van der Waals surface area contributed by atoms with Crippen molar-refractivity contribution in [2.24, 2.45) is 0 Å². The number of aldehydes is 1. The second kappa shape index (κ2) is 11.7. The topological polar surface area (TPSA) is 130 Å². The zero-order valence-electron chi connectivity index (χ0n) is 19.0. The Labute approximate surface area is 198 Å². The predicted molar refractivity (Wildman–Crippen MR) is 126 cm³/mol. The van der Waals surface area contributed by atoms with Crippen molar-refractivity contribution in [3.05, 3.63) is 68.7 Å². The fourth-order valence-electron chi connectivity index (χ4n) is 4.01. The minimum atomic E-state index is -1.56. The molecule has 9 heteroatoms. The number of hydrogen-bond donors (Lipinski definition) is 5. The highest BCUT2D eigenvalue weighted by atomic mass is 35.5. The van der Waals surface area contributed by atoms with E-state index in [4.69, 9.17) is 16.7 Å². The molecule has 1 aliphatic heterocycles. The van der Waals surface area contributed by atoms with E-state index in [1.165, 1.54) is 11.6 Å². The minimum Gasteiger partial charge on any atom is -0.400 e. The van der Waals surface area contributed by atoms with Crippen molar-refractivity contribution >= 4 is 23.8 Å². The number of hydrogen-bond acceptors (Lipinski definition) is 7. The van der Waals surface area contributed by atoms with Crippen LogP contribution in [0.15, 0.2) is 30.3 Å². The first-order valence-electron chi connectivity index (χ1n) is 10.4. The Morgan fingerprint density at radius 1 is 1.15 bits per heavy atom. The summed E-state index contributed by atoms with van der Waals surface area (Å²) in [6, 6.07) is 8.76. The molecule has 2 aromatic carbocycles. The van der Waals surface area contributed by atoms with Gasteiger partial charge in [0.2, 0.25) is 0 Å². The summed E-state index contributed by atoms with van der Waals surface area (Å²) in [5, 5.41) is 38.7. The molecule has 0 spiro atoms. The Morgan fingerprint density at radius 2 is 1.79 bits per heavy atom. The number of benzene rings is 2. The lowest BCUT2D eigenvalue weighted by molar-refractivity contribution is 0.0375. The van der Waals surface area contributed by atoms with E-state index in [0.29, 0.717) is 23.4 Å². The van der Waals surface area contributed by atoms with Gasteiger partial charge in [0.1, 0.15) is 11.8 Å². The van der Waals surface area contributed by atoms with E-state index in [1.807, 2.05) is 26.1 Å². The molecule has 0 radical (unpaired) electrons. The number of carbonyl (C=O) groups excluding carboxylic acids is 2. The van der Waals surface area contributed by atoms with E-state index in [1.54, 1.807) is 12.1 Å². The van der Waals surface area contributed by atoms with Gasteiger partial charge in [-0.1, -0.05) is 11.6 Å². The minimum absolute atomic E-state index is 0.101. The summed E-state index contributed by atoms with van der Waals surface area (Å²) < 4.78 is 0. The molecule has 1 atom stereocenters. The Balaban J connectivity index is 0.00000187. The number of fused-ring (bicyclic) bond motifs is 1. The molecular weight excluding hydrogens is 448 g/mol. The number of carbonyl (C=O) groups is 2. The van der Waals surface area contributed by atoms with E-state index in [2.05, 4.69) is 10.2 Å². The maximum atomic E-state index is 12.9. The molecule has 1 unspecified atom stereocenters. The fourth-order valence-corrected chi connectivity index (χ4v) is 4.29. The van der Waals surface area contributed by atoms with Crippen molar-refractivity contribution in [2.45, 2.75) is 24.9 Å². The molecule has 0 aliphatic carbocycles. The van der Waals surface area contributed by atoms with Crippen molar-refractivity contribution in [1.82, 2.24) is 10.2 Å². The Bertz CT molecular complexity index is 985. The second-order valence-electron chi connectivity index (χ2n) is 8.25. The highest BCUT2D eigenvalue weighted by Crippen LogP contribution is 2.37. The zero-order chi connectivity index (χ0) is 24.8. The van der Waals surface area contributed by atoms with Gasteiger partial charge in [-0.25, -0.2) is 0 Å². The summed E-state index contributed by atoms with van der Waals surface area (Å²) in [4.78, 5) is 26.6. The lowest BCUT2D eigenvalue weighted by Crippen LogP contribution is -2.57. The molecule has 1 amide bonds. The third-order valence-electron chi connectivity index (χ3n) is 5.83. The molecule has 0 fully saturated rings. The van der Waals surface area contributed by atoms with Crippen LogP contribution < -0.4 is 5.32 Å². The van der Waals surface area contributed by atoms with Crippen LogP contribution in [-0.4, -0.2) is 83.6 Å². The molecule has 0 saturated heterocycles. The molecule has 2 aromatic rings. The summed E-state index contributed by atoms with van der Waals surface area (Å²) in [5.74, 6) is -0.704. The predicted octanol–water partition coefficient (Wildman–Crippen LogP) is 1.09. The van der Waals surface area contributed by atoms with Gasteiger partial charge in [-0.3, -0.25) is 9.59 Å². The van der Waals surface area contributed by atoms with Gasteiger partial charge in [0.15, 0.2) is 0 Å². The van der Waals surface area contributed by atoms with E-state index < -0.39 is 31.3 Å². The highest BCUT2D eigenvalue weighted by molar-refractivity contribution is 6.30.